The molecule has 1 aromatic heterocycles. The van der Waals surface area contributed by atoms with E-state index >= 15 is 0 Å². The molecule has 0 spiro atoms. The summed E-state index contributed by atoms with van der Waals surface area (Å²) in [6.45, 7) is -0.219. The lowest BCUT2D eigenvalue weighted by Crippen LogP contribution is -2.39. The topological polar surface area (TPSA) is 53.4 Å². The van der Waals surface area contributed by atoms with Gasteiger partial charge in [0.2, 0.25) is 0 Å². The summed E-state index contributed by atoms with van der Waals surface area (Å²) in [7, 11) is 0. The molecule has 1 aromatic rings. The maximum absolute atomic E-state index is 12.3. The minimum atomic E-state index is -4.45. The molecule has 108 valence electrons. The lowest BCUT2D eigenvalue weighted by Gasteiger charge is -2.21. The number of aliphatic hydroxyl groups is 1. The highest BCUT2D eigenvalue weighted by Gasteiger charge is 2.32. The van der Waals surface area contributed by atoms with Crippen LogP contribution in [0.2, 0.25) is 0 Å². The van der Waals surface area contributed by atoms with Crippen LogP contribution in [-0.4, -0.2) is 46.8 Å². The Labute approximate surface area is 114 Å². The summed E-state index contributed by atoms with van der Waals surface area (Å²) in [5.41, 5.74) is 0.389. The first-order valence-corrected chi connectivity index (χ1v) is 5.79. The number of carbonyl (C=O) groups excluding carboxylic acids is 1. The van der Waals surface area contributed by atoms with Gasteiger partial charge in [0.1, 0.15) is 18.8 Å². The molecule has 0 saturated carbocycles. The van der Waals surface area contributed by atoms with Crippen LogP contribution in [0.5, 0.6) is 0 Å². The predicted octanol–water partition coefficient (Wildman–Crippen LogP) is 1.45. The molecule has 7 heteroatoms. The first-order chi connectivity index (χ1) is 9.37. The van der Waals surface area contributed by atoms with Gasteiger partial charge in [-0.1, -0.05) is 11.8 Å². The van der Waals surface area contributed by atoms with Gasteiger partial charge in [0.15, 0.2) is 0 Å². The van der Waals surface area contributed by atoms with Crippen molar-refractivity contribution in [1.29, 1.82) is 0 Å². The smallest absolute Gasteiger partial charge is 0.384 e. The van der Waals surface area contributed by atoms with Gasteiger partial charge in [-0.3, -0.25) is 4.79 Å². The maximum Gasteiger partial charge on any atom is 0.406 e. The fourth-order valence-corrected chi connectivity index (χ4v) is 1.44. The molecule has 0 saturated heterocycles. The van der Waals surface area contributed by atoms with Gasteiger partial charge in [0, 0.05) is 18.3 Å². The Kier molecular flexibility index (Phi) is 5.53. The van der Waals surface area contributed by atoms with Crippen molar-refractivity contribution in [2.45, 2.75) is 13.1 Å². The van der Waals surface area contributed by atoms with Gasteiger partial charge < -0.3 is 10.0 Å². The number of nitrogens with zero attached hydrogens (tertiary/aromatic N) is 2. The van der Waals surface area contributed by atoms with Crippen LogP contribution in [0.25, 0.3) is 0 Å². The first-order valence-electron chi connectivity index (χ1n) is 5.79. The average molecular weight is 286 g/mol. The second kappa shape index (κ2) is 6.91. The molecule has 4 nitrogen and oxygen atoms in total. The second-order valence-electron chi connectivity index (χ2n) is 3.83. The normalized spacial score (nSPS) is 10.7. The number of amides is 1. The number of carbonyl (C=O) groups is 1. The zero-order valence-electron chi connectivity index (χ0n) is 10.7. The molecule has 1 heterocycles. The van der Waals surface area contributed by atoms with Crippen LogP contribution in [0.1, 0.15) is 23.0 Å². The van der Waals surface area contributed by atoms with E-state index in [4.69, 9.17) is 5.11 Å². The van der Waals surface area contributed by atoms with E-state index in [0.717, 1.165) is 0 Å². The van der Waals surface area contributed by atoms with E-state index in [1.54, 1.807) is 0 Å². The Morgan fingerprint density at radius 2 is 2.15 bits per heavy atom. The SMILES string of the molecule is CCN(CC(F)(F)F)C(=O)c1ccc(C#CCO)cn1. The zero-order chi connectivity index (χ0) is 15.2. The number of halogens is 3. The zero-order valence-corrected chi connectivity index (χ0v) is 10.7. The Balaban J connectivity index is 2.85. The number of aliphatic hydroxyl groups excluding tert-OH is 1. The van der Waals surface area contributed by atoms with Crippen molar-refractivity contribution in [1.82, 2.24) is 9.88 Å². The van der Waals surface area contributed by atoms with Crippen LogP contribution in [0.4, 0.5) is 13.2 Å². The molecule has 0 unspecified atom stereocenters. The van der Waals surface area contributed by atoms with Gasteiger partial charge in [0.25, 0.3) is 5.91 Å². The van der Waals surface area contributed by atoms with Crippen molar-refractivity contribution < 1.29 is 23.1 Å². The maximum atomic E-state index is 12.3. The third kappa shape index (κ3) is 4.90. The van der Waals surface area contributed by atoms with Gasteiger partial charge in [-0.15, -0.1) is 0 Å². The summed E-state index contributed by atoms with van der Waals surface area (Å²) >= 11 is 0. The second-order valence-corrected chi connectivity index (χ2v) is 3.83. The summed E-state index contributed by atoms with van der Waals surface area (Å²) in [5, 5.41) is 8.52. The highest BCUT2D eigenvalue weighted by Crippen LogP contribution is 2.17. The lowest BCUT2D eigenvalue weighted by atomic mass is 10.2. The third-order valence-corrected chi connectivity index (χ3v) is 2.33. The van der Waals surface area contributed by atoms with E-state index in [9.17, 15) is 18.0 Å². The number of pyridine rings is 1. The van der Waals surface area contributed by atoms with Gasteiger partial charge in [0.05, 0.1) is 0 Å². The summed E-state index contributed by atoms with van der Waals surface area (Å²) in [5.74, 6) is 4.19. The highest BCUT2D eigenvalue weighted by atomic mass is 19.4. The highest BCUT2D eigenvalue weighted by molar-refractivity contribution is 5.92. The van der Waals surface area contributed by atoms with Gasteiger partial charge in [-0.25, -0.2) is 4.98 Å². The molecule has 0 aromatic carbocycles. The van der Waals surface area contributed by atoms with E-state index < -0.39 is 18.6 Å². The van der Waals surface area contributed by atoms with Crippen LogP contribution < -0.4 is 0 Å². The van der Waals surface area contributed by atoms with Crippen molar-refractivity contribution in [3.05, 3.63) is 29.6 Å². The minimum absolute atomic E-state index is 0.0634. The molecule has 1 N–H and O–H groups in total. The lowest BCUT2D eigenvalue weighted by molar-refractivity contribution is -0.140. The molecule has 20 heavy (non-hydrogen) atoms. The molecule has 1 amide bonds. The number of hydrogen-bond acceptors (Lipinski definition) is 3. The van der Waals surface area contributed by atoms with E-state index in [1.807, 2.05) is 0 Å². The quantitative estimate of drug-likeness (QED) is 0.856. The van der Waals surface area contributed by atoms with E-state index in [2.05, 4.69) is 16.8 Å². The van der Waals surface area contributed by atoms with Crippen molar-refractivity contribution in [2.75, 3.05) is 19.7 Å². The predicted molar refractivity (Wildman–Crippen MR) is 65.8 cm³/mol. The minimum Gasteiger partial charge on any atom is -0.384 e. The van der Waals surface area contributed by atoms with Crippen molar-refractivity contribution >= 4 is 5.91 Å². The standard InChI is InChI=1S/C13H13F3N2O2/c1-2-18(9-13(14,15)16)12(20)11-6-5-10(8-17-11)4-3-7-19/h5-6,8,19H,2,7,9H2,1H3. The molecule has 0 aliphatic rings. The molecule has 0 radical (unpaired) electrons. The Morgan fingerprint density at radius 1 is 1.45 bits per heavy atom. The Morgan fingerprint density at radius 3 is 2.60 bits per heavy atom. The number of alkyl halides is 3. The molecule has 0 aliphatic heterocycles. The molecule has 1 rings (SSSR count). The van der Waals surface area contributed by atoms with E-state index in [1.165, 1.54) is 25.3 Å². The van der Waals surface area contributed by atoms with Gasteiger partial charge >= 0.3 is 6.18 Å². The monoisotopic (exact) mass is 286 g/mol. The summed E-state index contributed by atoms with van der Waals surface area (Å²) in [6.07, 6.45) is -3.17. The molecule has 0 atom stereocenters. The number of hydrogen-bond donors (Lipinski definition) is 1. The van der Waals surface area contributed by atoms with Crippen molar-refractivity contribution in [2.24, 2.45) is 0 Å². The molecular formula is C13H13F3N2O2. The van der Waals surface area contributed by atoms with Crippen LogP contribution in [-0.2, 0) is 0 Å². The largest absolute Gasteiger partial charge is 0.406 e. The molecule has 0 bridgehead atoms. The molecular weight excluding hydrogens is 273 g/mol. The van der Waals surface area contributed by atoms with Crippen LogP contribution in [0, 0.1) is 11.8 Å². The average Bonchev–Trinajstić information content (AvgIpc) is 2.41. The van der Waals surface area contributed by atoms with Crippen LogP contribution in [0.3, 0.4) is 0 Å². The van der Waals surface area contributed by atoms with Crippen molar-refractivity contribution in [3.63, 3.8) is 0 Å². The van der Waals surface area contributed by atoms with E-state index in [0.29, 0.717) is 10.5 Å². The summed E-state index contributed by atoms with van der Waals surface area (Å²) in [4.78, 5) is 16.3. The Bertz CT molecular complexity index is 515. The fourth-order valence-electron chi connectivity index (χ4n) is 1.44. The van der Waals surface area contributed by atoms with Gasteiger partial charge in [-0.2, -0.15) is 13.2 Å². The number of rotatable bonds is 3. The molecule has 0 fully saturated rings. The van der Waals surface area contributed by atoms with Crippen LogP contribution >= 0.6 is 0 Å². The van der Waals surface area contributed by atoms with Crippen molar-refractivity contribution in [3.8, 4) is 11.8 Å². The third-order valence-electron chi connectivity index (χ3n) is 2.33. The summed E-state index contributed by atoms with van der Waals surface area (Å²) in [6, 6.07) is 2.77. The van der Waals surface area contributed by atoms with Crippen LogP contribution in [0.15, 0.2) is 18.3 Å². The van der Waals surface area contributed by atoms with Gasteiger partial charge in [-0.05, 0) is 19.1 Å². The summed E-state index contributed by atoms with van der Waals surface area (Å²) < 4.78 is 36.9. The van der Waals surface area contributed by atoms with E-state index in [-0.39, 0.29) is 18.8 Å². The fraction of sp³-hybridized carbons (Fsp3) is 0.385. The molecule has 0 aliphatic carbocycles. The Hall–Kier alpha value is -2.07. The number of aromatic nitrogens is 1. The first kappa shape index (κ1) is 16.0.